The molecule has 6 nitrogen and oxygen atoms in total. The smallest absolute Gasteiger partial charge is 0.410 e. The lowest BCUT2D eigenvalue weighted by Gasteiger charge is -2.38. The number of ether oxygens (including phenoxy) is 2. The number of carbonyl (C=O) groups excluding carboxylic acids is 2. The third kappa shape index (κ3) is 4.68. The van der Waals surface area contributed by atoms with Crippen molar-refractivity contribution in [3.8, 4) is 0 Å². The van der Waals surface area contributed by atoms with Gasteiger partial charge >= 0.3 is 12.2 Å². The lowest BCUT2D eigenvalue weighted by molar-refractivity contribution is 0.0114. The Bertz CT molecular complexity index is 627. The van der Waals surface area contributed by atoms with Gasteiger partial charge in [0, 0.05) is 19.1 Å². The van der Waals surface area contributed by atoms with Gasteiger partial charge in [-0.3, -0.25) is 0 Å². The Morgan fingerprint density at radius 1 is 1.12 bits per heavy atom. The fourth-order valence-electron chi connectivity index (χ4n) is 3.83. The van der Waals surface area contributed by atoms with Gasteiger partial charge in [0.2, 0.25) is 0 Å². The minimum Gasteiger partial charge on any atom is -0.445 e. The van der Waals surface area contributed by atoms with Crippen molar-refractivity contribution < 1.29 is 19.1 Å². The van der Waals surface area contributed by atoms with Crippen LogP contribution in [0.15, 0.2) is 30.3 Å². The van der Waals surface area contributed by atoms with Gasteiger partial charge in [-0.05, 0) is 51.0 Å². The van der Waals surface area contributed by atoms with Crippen LogP contribution in [0.2, 0.25) is 0 Å². The van der Waals surface area contributed by atoms with E-state index in [1.54, 1.807) is 4.90 Å². The number of hydrogen-bond donors (Lipinski definition) is 1. The third-order valence-electron chi connectivity index (χ3n) is 4.98. The molecular weight excluding hydrogens is 332 g/mol. The van der Waals surface area contributed by atoms with Gasteiger partial charge in [0.1, 0.15) is 12.2 Å². The highest BCUT2D eigenvalue weighted by Gasteiger charge is 2.45. The van der Waals surface area contributed by atoms with Gasteiger partial charge in [-0.25, -0.2) is 9.59 Å². The number of benzene rings is 1. The molecule has 1 aliphatic carbocycles. The summed E-state index contributed by atoms with van der Waals surface area (Å²) in [5, 5.41) is 3.02. The minimum atomic E-state index is -0.494. The molecule has 1 saturated heterocycles. The summed E-state index contributed by atoms with van der Waals surface area (Å²) in [6.07, 6.45) is 1.36. The summed E-state index contributed by atoms with van der Waals surface area (Å²) in [6.45, 7) is 7.12. The van der Waals surface area contributed by atoms with Crippen LogP contribution in [0.3, 0.4) is 0 Å². The van der Waals surface area contributed by atoms with E-state index in [1.165, 1.54) is 0 Å². The normalized spacial score (nSPS) is 24.9. The van der Waals surface area contributed by atoms with Gasteiger partial charge in [0.15, 0.2) is 0 Å². The summed E-state index contributed by atoms with van der Waals surface area (Å²) in [5.41, 5.74) is 0.470. The topological polar surface area (TPSA) is 67.9 Å². The third-order valence-corrected chi connectivity index (χ3v) is 4.98. The lowest BCUT2D eigenvalue weighted by atomic mass is 9.92. The van der Waals surface area contributed by atoms with E-state index in [4.69, 9.17) is 9.47 Å². The zero-order valence-electron chi connectivity index (χ0n) is 15.7. The van der Waals surface area contributed by atoms with Crippen molar-refractivity contribution in [2.24, 2.45) is 11.8 Å². The number of nitrogens with one attached hydrogen (secondary N) is 1. The Kier molecular flexibility index (Phi) is 5.39. The van der Waals surface area contributed by atoms with Crippen LogP contribution in [0.5, 0.6) is 0 Å². The maximum Gasteiger partial charge on any atom is 0.410 e. The molecule has 2 unspecified atom stereocenters. The van der Waals surface area contributed by atoms with E-state index in [1.807, 2.05) is 51.1 Å². The largest absolute Gasteiger partial charge is 0.445 e. The number of rotatable bonds is 3. The molecule has 2 bridgehead atoms. The molecule has 2 atom stereocenters. The van der Waals surface area contributed by atoms with Crippen molar-refractivity contribution in [3.05, 3.63) is 35.9 Å². The number of fused-ring (bicyclic) bond motifs is 2. The lowest BCUT2D eigenvalue weighted by Crippen LogP contribution is -2.54. The predicted molar refractivity (Wildman–Crippen MR) is 97.6 cm³/mol. The maximum absolute atomic E-state index is 12.3. The summed E-state index contributed by atoms with van der Waals surface area (Å²) >= 11 is 0. The minimum absolute atomic E-state index is 0.0666. The van der Waals surface area contributed by atoms with Crippen molar-refractivity contribution in [2.75, 3.05) is 13.1 Å². The van der Waals surface area contributed by atoms with Crippen LogP contribution in [-0.2, 0) is 16.1 Å². The number of nitrogens with zero attached hydrogens (tertiary/aromatic N) is 1. The molecule has 1 aromatic rings. The molecule has 3 rings (SSSR count). The fourth-order valence-corrected chi connectivity index (χ4v) is 3.83. The molecule has 26 heavy (non-hydrogen) atoms. The molecule has 1 N–H and O–H groups in total. The second kappa shape index (κ2) is 7.56. The first-order chi connectivity index (χ1) is 12.3. The standard InChI is InChI=1S/C20H28N2O4/c1-20(2,3)26-19(24)22-11-15-9-10-16(12-22)17(15)21-18(23)25-13-14-7-5-4-6-8-14/h4-8,15-17H,9-13H2,1-3H3,(H,21,23). The summed E-state index contributed by atoms with van der Waals surface area (Å²) in [5.74, 6) is 0.510. The predicted octanol–water partition coefficient (Wildman–Crippen LogP) is 3.56. The van der Waals surface area contributed by atoms with Crippen molar-refractivity contribution in [3.63, 3.8) is 0 Å². The van der Waals surface area contributed by atoms with Crippen LogP contribution in [-0.4, -0.2) is 41.8 Å². The number of amides is 2. The Morgan fingerprint density at radius 2 is 1.73 bits per heavy atom. The summed E-state index contributed by atoms with van der Waals surface area (Å²) < 4.78 is 10.8. The van der Waals surface area contributed by atoms with Crippen molar-refractivity contribution in [2.45, 2.75) is 51.9 Å². The molecule has 1 aromatic carbocycles. The van der Waals surface area contributed by atoms with Gasteiger partial charge < -0.3 is 19.7 Å². The molecule has 1 heterocycles. The van der Waals surface area contributed by atoms with Gasteiger partial charge in [-0.2, -0.15) is 0 Å². The summed E-state index contributed by atoms with van der Waals surface area (Å²) in [6, 6.07) is 9.69. The molecule has 0 aromatic heterocycles. The van der Waals surface area contributed by atoms with Gasteiger partial charge in [-0.1, -0.05) is 30.3 Å². The number of carbonyl (C=O) groups is 2. The van der Waals surface area contributed by atoms with Crippen LogP contribution in [0.4, 0.5) is 9.59 Å². The van der Waals surface area contributed by atoms with Gasteiger partial charge in [0.05, 0.1) is 0 Å². The van der Waals surface area contributed by atoms with Crippen LogP contribution >= 0.6 is 0 Å². The molecular formula is C20H28N2O4. The van der Waals surface area contributed by atoms with E-state index >= 15 is 0 Å². The zero-order chi connectivity index (χ0) is 18.7. The van der Waals surface area contributed by atoms with Crippen LogP contribution in [0.1, 0.15) is 39.2 Å². The molecule has 6 heteroatoms. The Morgan fingerprint density at radius 3 is 2.31 bits per heavy atom. The molecule has 2 fully saturated rings. The molecule has 1 aliphatic heterocycles. The average Bonchev–Trinajstić information content (AvgIpc) is 2.81. The molecule has 2 aliphatic rings. The fraction of sp³-hybridized carbons (Fsp3) is 0.600. The van der Waals surface area contributed by atoms with Crippen molar-refractivity contribution in [1.29, 1.82) is 0 Å². The second-order valence-electron chi connectivity index (χ2n) is 8.21. The SMILES string of the molecule is CC(C)(C)OC(=O)N1CC2CCC(C1)C2NC(=O)OCc1ccccc1. The summed E-state index contributed by atoms with van der Waals surface area (Å²) in [4.78, 5) is 26.3. The van der Waals surface area contributed by atoms with E-state index in [2.05, 4.69) is 5.32 Å². The number of likely N-dealkylation sites (tertiary alicyclic amines) is 1. The molecule has 2 amide bonds. The van der Waals surface area contributed by atoms with Gasteiger partial charge in [-0.15, -0.1) is 0 Å². The number of piperidine rings is 1. The quantitative estimate of drug-likeness (QED) is 0.895. The highest BCUT2D eigenvalue weighted by atomic mass is 16.6. The van der Waals surface area contributed by atoms with Crippen LogP contribution in [0, 0.1) is 11.8 Å². The molecule has 1 saturated carbocycles. The Hall–Kier alpha value is -2.24. The van der Waals surface area contributed by atoms with Gasteiger partial charge in [0.25, 0.3) is 0 Å². The Balaban J connectivity index is 1.50. The highest BCUT2D eigenvalue weighted by Crippen LogP contribution is 2.37. The number of alkyl carbamates (subject to hydrolysis) is 1. The summed E-state index contributed by atoms with van der Waals surface area (Å²) in [7, 11) is 0. The van der Waals surface area contributed by atoms with E-state index in [0.717, 1.165) is 18.4 Å². The first-order valence-electron chi connectivity index (χ1n) is 9.27. The molecule has 0 radical (unpaired) electrons. The maximum atomic E-state index is 12.3. The molecule has 142 valence electrons. The average molecular weight is 360 g/mol. The van der Waals surface area contributed by atoms with E-state index < -0.39 is 5.60 Å². The highest BCUT2D eigenvalue weighted by molar-refractivity contribution is 5.69. The van der Waals surface area contributed by atoms with Crippen molar-refractivity contribution in [1.82, 2.24) is 10.2 Å². The molecule has 0 spiro atoms. The monoisotopic (exact) mass is 360 g/mol. The second-order valence-corrected chi connectivity index (χ2v) is 8.21. The van der Waals surface area contributed by atoms with E-state index in [9.17, 15) is 9.59 Å². The zero-order valence-corrected chi connectivity index (χ0v) is 15.7. The van der Waals surface area contributed by atoms with Crippen molar-refractivity contribution >= 4 is 12.2 Å². The van der Waals surface area contributed by atoms with E-state index in [-0.39, 0.29) is 36.7 Å². The van der Waals surface area contributed by atoms with Crippen LogP contribution in [0.25, 0.3) is 0 Å². The van der Waals surface area contributed by atoms with Crippen LogP contribution < -0.4 is 5.32 Å². The first-order valence-corrected chi connectivity index (χ1v) is 9.27. The van der Waals surface area contributed by atoms with E-state index in [0.29, 0.717) is 13.1 Å². The first kappa shape index (κ1) is 18.5. The number of hydrogen-bond acceptors (Lipinski definition) is 4. The Labute approximate surface area is 154 Å².